The van der Waals surface area contributed by atoms with Gasteiger partial charge in [0.15, 0.2) is 0 Å². The van der Waals surface area contributed by atoms with Crippen LogP contribution in [0.4, 0.5) is 5.69 Å². The minimum atomic E-state index is -0.645. The number of methoxy groups -OCH3 is 1. The number of nitrogens with zero attached hydrogens (tertiary/aromatic N) is 1. The molecule has 1 aliphatic carbocycles. The summed E-state index contributed by atoms with van der Waals surface area (Å²) in [7, 11) is 3.66. The number of ether oxygens (including phenoxy) is 1. The molecule has 0 aromatic heterocycles. The number of nitrogens with two attached hydrogens (primary N) is 1. The van der Waals surface area contributed by atoms with Crippen LogP contribution in [0.25, 0.3) is 0 Å². The summed E-state index contributed by atoms with van der Waals surface area (Å²) in [5, 5.41) is 3.37. The van der Waals surface area contributed by atoms with Crippen LogP contribution in [0.1, 0.15) is 26.2 Å². The summed E-state index contributed by atoms with van der Waals surface area (Å²) in [4.78, 5) is 13.9. The molecule has 0 bridgehead atoms. The fraction of sp³-hybridized carbons (Fsp3) is 0.562. The van der Waals surface area contributed by atoms with Gasteiger partial charge in [0.05, 0.1) is 12.6 Å². The Labute approximate surface area is 126 Å². The topological polar surface area (TPSA) is 67.6 Å². The first-order chi connectivity index (χ1) is 9.94. The Bertz CT molecular complexity index is 502. The normalized spacial score (nSPS) is 17.1. The minimum absolute atomic E-state index is 0.284. The SMILES string of the molecule is COc1cccc(N(C)CCC(C)(NC2CC2)C(N)=O)c1. The van der Waals surface area contributed by atoms with Crippen molar-refractivity contribution in [1.82, 2.24) is 5.32 Å². The number of benzene rings is 1. The van der Waals surface area contributed by atoms with E-state index in [2.05, 4.69) is 10.2 Å². The van der Waals surface area contributed by atoms with Gasteiger partial charge in [0.1, 0.15) is 5.75 Å². The average molecular weight is 291 g/mol. The molecule has 1 amide bonds. The first-order valence-electron chi connectivity index (χ1n) is 7.37. The van der Waals surface area contributed by atoms with Crippen molar-refractivity contribution >= 4 is 11.6 Å². The molecule has 2 rings (SSSR count). The quantitative estimate of drug-likeness (QED) is 0.762. The van der Waals surface area contributed by atoms with E-state index in [1.807, 2.05) is 38.2 Å². The Hall–Kier alpha value is -1.75. The molecule has 1 saturated carbocycles. The van der Waals surface area contributed by atoms with Crippen LogP contribution in [0.2, 0.25) is 0 Å². The molecule has 1 unspecified atom stereocenters. The van der Waals surface area contributed by atoms with Gasteiger partial charge in [0.25, 0.3) is 0 Å². The maximum atomic E-state index is 11.8. The molecule has 21 heavy (non-hydrogen) atoms. The summed E-state index contributed by atoms with van der Waals surface area (Å²) in [6, 6.07) is 8.33. The summed E-state index contributed by atoms with van der Waals surface area (Å²) in [5.74, 6) is 0.543. The molecule has 0 heterocycles. The van der Waals surface area contributed by atoms with E-state index < -0.39 is 5.54 Å². The first kappa shape index (κ1) is 15.6. The zero-order valence-corrected chi connectivity index (χ0v) is 13.1. The van der Waals surface area contributed by atoms with Crippen LogP contribution < -0.4 is 20.7 Å². The van der Waals surface area contributed by atoms with Crippen molar-refractivity contribution < 1.29 is 9.53 Å². The van der Waals surface area contributed by atoms with Crippen LogP contribution in [0.3, 0.4) is 0 Å². The summed E-state index contributed by atoms with van der Waals surface area (Å²) >= 11 is 0. The van der Waals surface area contributed by atoms with Crippen LogP contribution >= 0.6 is 0 Å². The molecule has 0 aliphatic heterocycles. The van der Waals surface area contributed by atoms with Crippen molar-refractivity contribution in [3.05, 3.63) is 24.3 Å². The lowest BCUT2D eigenvalue weighted by Gasteiger charge is -2.30. The predicted molar refractivity (Wildman–Crippen MR) is 84.6 cm³/mol. The molecule has 3 N–H and O–H groups in total. The van der Waals surface area contributed by atoms with E-state index in [1.165, 1.54) is 0 Å². The molecule has 1 aromatic carbocycles. The zero-order valence-electron chi connectivity index (χ0n) is 13.1. The van der Waals surface area contributed by atoms with E-state index in [9.17, 15) is 4.79 Å². The standard InChI is InChI=1S/C16H25N3O2/c1-16(15(17)20,18-12-7-8-12)9-10-19(2)13-5-4-6-14(11-13)21-3/h4-6,11-12,18H,7-10H2,1-3H3,(H2,17,20). The summed E-state index contributed by atoms with van der Waals surface area (Å²) in [6.45, 7) is 2.64. The van der Waals surface area contributed by atoms with Gasteiger partial charge in [-0.1, -0.05) is 6.07 Å². The van der Waals surface area contributed by atoms with Crippen LogP contribution in [-0.2, 0) is 4.79 Å². The number of rotatable bonds is 8. The monoisotopic (exact) mass is 291 g/mol. The van der Waals surface area contributed by atoms with Gasteiger partial charge in [0, 0.05) is 31.4 Å². The highest BCUT2D eigenvalue weighted by molar-refractivity contribution is 5.84. The van der Waals surface area contributed by atoms with E-state index in [0.717, 1.165) is 30.8 Å². The van der Waals surface area contributed by atoms with E-state index in [0.29, 0.717) is 12.5 Å². The highest BCUT2D eigenvalue weighted by Gasteiger charge is 2.36. The van der Waals surface area contributed by atoms with Gasteiger partial charge in [-0.05, 0) is 38.3 Å². The van der Waals surface area contributed by atoms with Crippen molar-refractivity contribution in [2.24, 2.45) is 5.73 Å². The van der Waals surface area contributed by atoms with Gasteiger partial charge < -0.3 is 20.7 Å². The van der Waals surface area contributed by atoms with Crippen molar-refractivity contribution in [2.45, 2.75) is 37.8 Å². The fourth-order valence-electron chi connectivity index (χ4n) is 2.31. The zero-order chi connectivity index (χ0) is 15.5. The third kappa shape index (κ3) is 4.11. The van der Waals surface area contributed by atoms with E-state index in [4.69, 9.17) is 10.5 Å². The van der Waals surface area contributed by atoms with Gasteiger partial charge in [-0.2, -0.15) is 0 Å². The molecule has 1 fully saturated rings. The Morgan fingerprint density at radius 2 is 2.24 bits per heavy atom. The lowest BCUT2D eigenvalue weighted by molar-refractivity contribution is -0.124. The largest absolute Gasteiger partial charge is 0.497 e. The van der Waals surface area contributed by atoms with Crippen LogP contribution in [0, 0.1) is 0 Å². The lowest BCUT2D eigenvalue weighted by atomic mass is 9.96. The van der Waals surface area contributed by atoms with E-state index in [-0.39, 0.29) is 5.91 Å². The van der Waals surface area contributed by atoms with Gasteiger partial charge in [0.2, 0.25) is 5.91 Å². The number of nitrogens with one attached hydrogen (secondary N) is 1. The Morgan fingerprint density at radius 1 is 1.52 bits per heavy atom. The second-order valence-corrected chi connectivity index (χ2v) is 5.99. The highest BCUT2D eigenvalue weighted by Crippen LogP contribution is 2.25. The molecule has 116 valence electrons. The number of carbonyl (C=O) groups excluding carboxylic acids is 1. The van der Waals surface area contributed by atoms with Crippen molar-refractivity contribution in [3.63, 3.8) is 0 Å². The lowest BCUT2D eigenvalue weighted by Crippen LogP contribution is -2.55. The minimum Gasteiger partial charge on any atom is -0.497 e. The molecule has 5 heteroatoms. The molecular formula is C16H25N3O2. The smallest absolute Gasteiger partial charge is 0.237 e. The van der Waals surface area contributed by atoms with Crippen LogP contribution in [0.5, 0.6) is 5.75 Å². The maximum Gasteiger partial charge on any atom is 0.237 e. The van der Waals surface area contributed by atoms with Crippen molar-refractivity contribution in [1.29, 1.82) is 0 Å². The van der Waals surface area contributed by atoms with Gasteiger partial charge in [-0.25, -0.2) is 0 Å². The van der Waals surface area contributed by atoms with E-state index >= 15 is 0 Å². The highest BCUT2D eigenvalue weighted by atomic mass is 16.5. The van der Waals surface area contributed by atoms with Gasteiger partial charge in [-0.15, -0.1) is 0 Å². The molecule has 0 saturated heterocycles. The molecule has 1 atom stereocenters. The van der Waals surface area contributed by atoms with Crippen molar-refractivity contribution in [2.75, 3.05) is 25.6 Å². The predicted octanol–water partition coefficient (Wildman–Crippen LogP) is 1.52. The third-order valence-corrected chi connectivity index (χ3v) is 4.09. The molecule has 1 aliphatic rings. The number of hydrogen-bond donors (Lipinski definition) is 2. The summed E-state index contributed by atoms with van der Waals surface area (Å²) in [5.41, 5.74) is 6.00. The second-order valence-electron chi connectivity index (χ2n) is 5.99. The number of amides is 1. The second kappa shape index (κ2) is 6.35. The summed E-state index contributed by atoms with van der Waals surface area (Å²) < 4.78 is 5.24. The van der Waals surface area contributed by atoms with Gasteiger partial charge in [-0.3, -0.25) is 4.79 Å². The van der Waals surface area contributed by atoms with Gasteiger partial charge >= 0.3 is 0 Å². The third-order valence-electron chi connectivity index (χ3n) is 4.09. The van der Waals surface area contributed by atoms with Crippen molar-refractivity contribution in [3.8, 4) is 5.75 Å². The van der Waals surface area contributed by atoms with E-state index in [1.54, 1.807) is 7.11 Å². The maximum absolute atomic E-state index is 11.8. The molecule has 5 nitrogen and oxygen atoms in total. The Morgan fingerprint density at radius 3 is 2.81 bits per heavy atom. The molecular weight excluding hydrogens is 266 g/mol. The average Bonchev–Trinajstić information content (AvgIpc) is 3.28. The number of primary amides is 1. The molecule has 0 spiro atoms. The van der Waals surface area contributed by atoms with Crippen LogP contribution in [0.15, 0.2) is 24.3 Å². The summed E-state index contributed by atoms with van der Waals surface area (Å²) in [6.07, 6.45) is 2.94. The number of hydrogen-bond acceptors (Lipinski definition) is 4. The molecule has 1 aromatic rings. The number of carbonyl (C=O) groups is 1. The molecule has 0 radical (unpaired) electrons. The Balaban J connectivity index is 1.97. The Kier molecular flexibility index (Phi) is 4.73. The first-order valence-corrected chi connectivity index (χ1v) is 7.37. The fourth-order valence-corrected chi connectivity index (χ4v) is 2.31. The van der Waals surface area contributed by atoms with Crippen LogP contribution in [-0.4, -0.2) is 38.2 Å². The number of anilines is 1.